The number of anilines is 1. The summed E-state index contributed by atoms with van der Waals surface area (Å²) in [6.07, 6.45) is -0.405. The fraction of sp³-hybridized carbons (Fsp3) is 0.235. The molecule has 0 heterocycles. The van der Waals surface area contributed by atoms with Crippen LogP contribution in [0.3, 0.4) is 0 Å². The van der Waals surface area contributed by atoms with E-state index in [9.17, 15) is 4.79 Å². The van der Waals surface area contributed by atoms with Crippen LogP contribution < -0.4 is 9.64 Å². The molecule has 0 spiro atoms. The molecule has 0 saturated carbocycles. The normalized spacial score (nSPS) is 10.0. The van der Waals surface area contributed by atoms with Gasteiger partial charge in [0.1, 0.15) is 12.4 Å². The number of ether oxygens (including phenoxy) is 2. The number of hydrogen-bond acceptors (Lipinski definition) is 3. The van der Waals surface area contributed by atoms with Gasteiger partial charge in [-0.05, 0) is 30.7 Å². The van der Waals surface area contributed by atoms with Gasteiger partial charge >= 0.3 is 6.09 Å². The SMILES string of the molecule is COC(=O)N(C)c1ccccc1COc1cccc(C)c1. The van der Waals surface area contributed by atoms with Crippen molar-refractivity contribution in [3.05, 3.63) is 59.7 Å². The van der Waals surface area contributed by atoms with E-state index >= 15 is 0 Å². The molecule has 2 rings (SSSR count). The van der Waals surface area contributed by atoms with E-state index in [0.29, 0.717) is 6.61 Å². The molecule has 0 atom stereocenters. The highest BCUT2D eigenvalue weighted by molar-refractivity contribution is 5.87. The molecular formula is C17H19NO3. The number of hydrogen-bond donors (Lipinski definition) is 0. The quantitative estimate of drug-likeness (QED) is 0.858. The standard InChI is InChI=1S/C17H19NO3/c1-13-7-6-9-15(11-13)21-12-14-8-4-5-10-16(14)18(2)17(19)20-3/h4-11H,12H2,1-3H3. The number of aryl methyl sites for hydroxylation is 1. The molecule has 4 heteroatoms. The van der Waals surface area contributed by atoms with Crippen molar-refractivity contribution in [1.82, 2.24) is 0 Å². The maximum atomic E-state index is 11.6. The first-order valence-electron chi connectivity index (χ1n) is 6.71. The van der Waals surface area contributed by atoms with Crippen LogP contribution in [0.5, 0.6) is 5.75 Å². The van der Waals surface area contributed by atoms with E-state index in [1.807, 2.05) is 55.5 Å². The molecule has 0 aliphatic heterocycles. The molecule has 0 bridgehead atoms. The van der Waals surface area contributed by atoms with Gasteiger partial charge in [0.15, 0.2) is 0 Å². The van der Waals surface area contributed by atoms with E-state index in [0.717, 1.165) is 22.6 Å². The summed E-state index contributed by atoms with van der Waals surface area (Å²) in [4.78, 5) is 13.1. The third-order valence-electron chi connectivity index (χ3n) is 3.19. The van der Waals surface area contributed by atoms with E-state index in [4.69, 9.17) is 9.47 Å². The minimum absolute atomic E-state index is 0.390. The molecule has 21 heavy (non-hydrogen) atoms. The van der Waals surface area contributed by atoms with E-state index < -0.39 is 6.09 Å². The maximum Gasteiger partial charge on any atom is 0.413 e. The van der Waals surface area contributed by atoms with E-state index in [1.165, 1.54) is 12.0 Å². The Bertz CT molecular complexity index is 625. The Kier molecular flexibility index (Phi) is 4.82. The van der Waals surface area contributed by atoms with Crippen LogP contribution in [-0.2, 0) is 11.3 Å². The summed E-state index contributed by atoms with van der Waals surface area (Å²) in [5.41, 5.74) is 2.84. The lowest BCUT2D eigenvalue weighted by atomic mass is 10.1. The molecular weight excluding hydrogens is 266 g/mol. The van der Waals surface area contributed by atoms with Gasteiger partial charge in [-0.1, -0.05) is 30.3 Å². The lowest BCUT2D eigenvalue weighted by Gasteiger charge is -2.19. The fourth-order valence-electron chi connectivity index (χ4n) is 2.06. The second kappa shape index (κ2) is 6.79. The zero-order chi connectivity index (χ0) is 15.2. The number of rotatable bonds is 4. The monoisotopic (exact) mass is 285 g/mol. The van der Waals surface area contributed by atoms with Gasteiger partial charge in [-0.15, -0.1) is 0 Å². The molecule has 0 radical (unpaired) electrons. The Morgan fingerprint density at radius 3 is 2.62 bits per heavy atom. The number of para-hydroxylation sites is 1. The molecule has 0 N–H and O–H groups in total. The van der Waals surface area contributed by atoms with Crippen molar-refractivity contribution < 1.29 is 14.3 Å². The van der Waals surface area contributed by atoms with Gasteiger partial charge in [0.05, 0.1) is 12.8 Å². The zero-order valence-corrected chi connectivity index (χ0v) is 12.5. The van der Waals surface area contributed by atoms with Gasteiger partial charge in [0, 0.05) is 12.6 Å². The van der Waals surface area contributed by atoms with Crippen LogP contribution in [0.15, 0.2) is 48.5 Å². The van der Waals surface area contributed by atoms with Crippen molar-refractivity contribution in [1.29, 1.82) is 0 Å². The third-order valence-corrected chi connectivity index (χ3v) is 3.19. The second-order valence-electron chi connectivity index (χ2n) is 4.76. The summed E-state index contributed by atoms with van der Waals surface area (Å²) in [6, 6.07) is 15.5. The number of methoxy groups -OCH3 is 1. The Morgan fingerprint density at radius 1 is 1.14 bits per heavy atom. The first kappa shape index (κ1) is 14.9. The summed E-state index contributed by atoms with van der Waals surface area (Å²) < 4.78 is 10.5. The van der Waals surface area contributed by atoms with Crippen LogP contribution in [0.4, 0.5) is 10.5 Å². The minimum Gasteiger partial charge on any atom is -0.489 e. The lowest BCUT2D eigenvalue weighted by molar-refractivity contribution is 0.180. The predicted octanol–water partition coefficient (Wildman–Crippen LogP) is 3.78. The van der Waals surface area contributed by atoms with Crippen molar-refractivity contribution >= 4 is 11.8 Å². The minimum atomic E-state index is -0.405. The van der Waals surface area contributed by atoms with Crippen molar-refractivity contribution in [2.75, 3.05) is 19.1 Å². The Labute approximate surface area is 124 Å². The highest BCUT2D eigenvalue weighted by Crippen LogP contribution is 2.22. The second-order valence-corrected chi connectivity index (χ2v) is 4.76. The Balaban J connectivity index is 2.15. The van der Waals surface area contributed by atoms with Crippen molar-refractivity contribution in [2.45, 2.75) is 13.5 Å². The average molecular weight is 285 g/mol. The molecule has 2 aromatic rings. The van der Waals surface area contributed by atoms with Crippen LogP contribution in [0.25, 0.3) is 0 Å². The van der Waals surface area contributed by atoms with Crippen LogP contribution in [0.2, 0.25) is 0 Å². The van der Waals surface area contributed by atoms with Gasteiger partial charge in [0.25, 0.3) is 0 Å². The summed E-state index contributed by atoms with van der Waals surface area (Å²) >= 11 is 0. The molecule has 1 amide bonds. The Morgan fingerprint density at radius 2 is 1.90 bits per heavy atom. The number of benzene rings is 2. The van der Waals surface area contributed by atoms with Crippen LogP contribution in [0.1, 0.15) is 11.1 Å². The van der Waals surface area contributed by atoms with Crippen LogP contribution >= 0.6 is 0 Å². The van der Waals surface area contributed by atoms with Crippen LogP contribution in [0, 0.1) is 6.92 Å². The highest BCUT2D eigenvalue weighted by atomic mass is 16.5. The first-order valence-corrected chi connectivity index (χ1v) is 6.71. The van der Waals surface area contributed by atoms with Gasteiger partial charge < -0.3 is 9.47 Å². The van der Waals surface area contributed by atoms with Gasteiger partial charge in [0.2, 0.25) is 0 Å². The van der Waals surface area contributed by atoms with E-state index in [2.05, 4.69) is 0 Å². The zero-order valence-electron chi connectivity index (χ0n) is 12.5. The molecule has 2 aromatic carbocycles. The fourth-order valence-corrected chi connectivity index (χ4v) is 2.06. The first-order chi connectivity index (χ1) is 10.1. The summed E-state index contributed by atoms with van der Waals surface area (Å²) in [5.74, 6) is 0.811. The van der Waals surface area contributed by atoms with Crippen molar-refractivity contribution in [3.63, 3.8) is 0 Å². The van der Waals surface area contributed by atoms with Gasteiger partial charge in [-0.25, -0.2) is 4.79 Å². The molecule has 0 aromatic heterocycles. The van der Waals surface area contributed by atoms with Crippen molar-refractivity contribution in [2.24, 2.45) is 0 Å². The predicted molar refractivity (Wildman–Crippen MR) is 82.8 cm³/mol. The molecule has 0 aliphatic carbocycles. The summed E-state index contributed by atoms with van der Waals surface area (Å²) in [6.45, 7) is 2.41. The molecule has 0 fully saturated rings. The highest BCUT2D eigenvalue weighted by Gasteiger charge is 2.14. The molecule has 0 saturated heterocycles. The topological polar surface area (TPSA) is 38.8 Å². The number of nitrogens with zero attached hydrogens (tertiary/aromatic N) is 1. The largest absolute Gasteiger partial charge is 0.489 e. The lowest BCUT2D eigenvalue weighted by Crippen LogP contribution is -2.27. The van der Waals surface area contributed by atoms with Gasteiger partial charge in [-0.2, -0.15) is 0 Å². The molecule has 4 nitrogen and oxygen atoms in total. The van der Waals surface area contributed by atoms with Crippen LogP contribution in [-0.4, -0.2) is 20.3 Å². The molecule has 0 unspecified atom stereocenters. The van der Waals surface area contributed by atoms with Crippen molar-refractivity contribution in [3.8, 4) is 5.75 Å². The smallest absolute Gasteiger partial charge is 0.413 e. The Hall–Kier alpha value is -2.49. The molecule has 110 valence electrons. The maximum absolute atomic E-state index is 11.6. The number of carbonyl (C=O) groups is 1. The number of amides is 1. The third kappa shape index (κ3) is 3.75. The van der Waals surface area contributed by atoms with Gasteiger partial charge in [-0.3, -0.25) is 4.90 Å². The number of carbonyl (C=O) groups excluding carboxylic acids is 1. The molecule has 0 aliphatic rings. The summed E-state index contributed by atoms with van der Waals surface area (Å²) in [7, 11) is 3.04. The average Bonchev–Trinajstić information content (AvgIpc) is 2.52. The van der Waals surface area contributed by atoms with E-state index in [1.54, 1.807) is 7.05 Å². The summed E-state index contributed by atoms with van der Waals surface area (Å²) in [5, 5.41) is 0. The van der Waals surface area contributed by atoms with E-state index in [-0.39, 0.29) is 0 Å².